The first-order valence-corrected chi connectivity index (χ1v) is 10.5. The number of primary amides is 1. The summed E-state index contributed by atoms with van der Waals surface area (Å²) in [5.41, 5.74) is 7.20. The number of aryl methyl sites for hydroxylation is 1. The van der Waals surface area contributed by atoms with E-state index < -0.39 is 15.7 Å². The normalized spacial score (nSPS) is 11.2. The van der Waals surface area contributed by atoms with Crippen molar-refractivity contribution in [2.45, 2.75) is 24.9 Å². The van der Waals surface area contributed by atoms with E-state index in [1.807, 2.05) is 6.92 Å². The molecule has 0 aliphatic rings. The van der Waals surface area contributed by atoms with Gasteiger partial charge in [0.2, 0.25) is 11.9 Å². The molecule has 0 saturated carbocycles. The van der Waals surface area contributed by atoms with Gasteiger partial charge in [-0.15, -0.1) is 0 Å². The molecule has 4 N–H and O–H groups in total. The lowest BCUT2D eigenvalue weighted by Crippen LogP contribution is -2.18. The van der Waals surface area contributed by atoms with E-state index in [0.29, 0.717) is 23.0 Å². The summed E-state index contributed by atoms with van der Waals surface area (Å²) in [5.74, 6) is 0.399. The van der Waals surface area contributed by atoms with Gasteiger partial charge < -0.3 is 16.4 Å². The number of benzene rings is 1. The van der Waals surface area contributed by atoms with Gasteiger partial charge in [0.25, 0.3) is 0 Å². The molecule has 0 fully saturated rings. The minimum atomic E-state index is -3.33. The van der Waals surface area contributed by atoms with Crippen LogP contribution in [-0.4, -0.2) is 40.3 Å². The molecule has 0 aliphatic heterocycles. The van der Waals surface area contributed by atoms with E-state index in [2.05, 4.69) is 25.7 Å². The molecule has 0 bridgehead atoms. The average Bonchev–Trinajstić information content (AvgIpc) is 3.07. The third-order valence-corrected chi connectivity index (χ3v) is 5.19. The Labute approximate surface area is 168 Å². The number of hydrogen-bond acceptors (Lipinski definition) is 8. The number of hydrogen-bond donors (Lipinski definition) is 3. The summed E-state index contributed by atoms with van der Waals surface area (Å²) < 4.78 is 25.3. The Morgan fingerprint density at radius 1 is 1.24 bits per heavy atom. The third-order valence-electron chi connectivity index (χ3n) is 4.00. The lowest BCUT2D eigenvalue weighted by atomic mass is 10.2. The van der Waals surface area contributed by atoms with Crippen molar-refractivity contribution in [3.8, 4) is 0 Å². The standard InChI is InChI=1S/C18H21N7O3S/c1-12-7-21-18(23-14-9-22-25(10-14)11-16(19)26)24-17(12)20-8-13-5-3-4-6-15(13)29(2,27)28/h3-7,9-10H,8,11H2,1-2H3,(H2,19,26)(H2,20,21,23,24). The van der Waals surface area contributed by atoms with Crippen LogP contribution in [0.5, 0.6) is 0 Å². The summed E-state index contributed by atoms with van der Waals surface area (Å²) in [6, 6.07) is 6.81. The largest absolute Gasteiger partial charge is 0.368 e. The highest BCUT2D eigenvalue weighted by atomic mass is 32.2. The van der Waals surface area contributed by atoms with Crippen LogP contribution in [0.2, 0.25) is 0 Å². The number of nitrogens with two attached hydrogens (primary N) is 1. The third kappa shape index (κ3) is 5.29. The van der Waals surface area contributed by atoms with Crippen LogP contribution in [0.15, 0.2) is 47.8 Å². The highest BCUT2D eigenvalue weighted by Crippen LogP contribution is 2.20. The number of amides is 1. The SMILES string of the molecule is Cc1cnc(Nc2cnn(CC(N)=O)c2)nc1NCc1ccccc1S(C)(=O)=O. The molecular weight excluding hydrogens is 394 g/mol. The van der Waals surface area contributed by atoms with E-state index in [-0.39, 0.29) is 18.0 Å². The second-order valence-corrected chi connectivity index (χ2v) is 8.46. The Hall–Kier alpha value is -3.47. The van der Waals surface area contributed by atoms with Gasteiger partial charge in [0.15, 0.2) is 9.84 Å². The molecule has 3 aromatic rings. The van der Waals surface area contributed by atoms with Crippen molar-refractivity contribution in [1.29, 1.82) is 0 Å². The van der Waals surface area contributed by atoms with Gasteiger partial charge in [0, 0.05) is 30.8 Å². The van der Waals surface area contributed by atoms with Crippen LogP contribution >= 0.6 is 0 Å². The maximum Gasteiger partial charge on any atom is 0.239 e. The van der Waals surface area contributed by atoms with Gasteiger partial charge in [-0.25, -0.2) is 13.4 Å². The predicted octanol–water partition coefficient (Wildman–Crippen LogP) is 1.23. The number of nitrogens with zero attached hydrogens (tertiary/aromatic N) is 4. The van der Waals surface area contributed by atoms with Crippen LogP contribution in [0, 0.1) is 6.92 Å². The van der Waals surface area contributed by atoms with Crippen molar-refractivity contribution in [3.05, 3.63) is 54.0 Å². The smallest absolute Gasteiger partial charge is 0.239 e. The van der Waals surface area contributed by atoms with E-state index in [1.165, 1.54) is 17.1 Å². The number of aromatic nitrogens is 4. The number of anilines is 3. The van der Waals surface area contributed by atoms with Crippen LogP contribution in [-0.2, 0) is 27.7 Å². The van der Waals surface area contributed by atoms with E-state index >= 15 is 0 Å². The van der Waals surface area contributed by atoms with Gasteiger partial charge in [-0.1, -0.05) is 18.2 Å². The Balaban J connectivity index is 1.75. The maximum atomic E-state index is 12.0. The molecule has 0 saturated heterocycles. The van der Waals surface area contributed by atoms with Crippen molar-refractivity contribution in [2.24, 2.45) is 5.73 Å². The Bertz CT molecular complexity index is 1140. The molecule has 152 valence electrons. The monoisotopic (exact) mass is 415 g/mol. The molecule has 0 aliphatic carbocycles. The topological polar surface area (TPSA) is 145 Å². The zero-order valence-electron chi connectivity index (χ0n) is 16.0. The fourth-order valence-corrected chi connectivity index (χ4v) is 3.62. The molecule has 2 aromatic heterocycles. The van der Waals surface area contributed by atoms with Gasteiger partial charge in [-0.05, 0) is 18.6 Å². The molecular formula is C18H21N7O3S. The Morgan fingerprint density at radius 2 is 2.00 bits per heavy atom. The summed E-state index contributed by atoms with van der Waals surface area (Å²) in [6.45, 7) is 2.11. The quantitative estimate of drug-likeness (QED) is 0.498. The molecule has 10 nitrogen and oxygen atoms in total. The van der Waals surface area contributed by atoms with Gasteiger partial charge >= 0.3 is 0 Å². The van der Waals surface area contributed by atoms with Crippen LogP contribution in [0.1, 0.15) is 11.1 Å². The van der Waals surface area contributed by atoms with E-state index in [4.69, 9.17) is 5.73 Å². The lowest BCUT2D eigenvalue weighted by Gasteiger charge is -2.12. The van der Waals surface area contributed by atoms with E-state index in [1.54, 1.807) is 36.7 Å². The summed E-state index contributed by atoms with van der Waals surface area (Å²) in [4.78, 5) is 19.9. The fraction of sp³-hybridized carbons (Fsp3) is 0.222. The highest BCUT2D eigenvalue weighted by molar-refractivity contribution is 7.90. The molecule has 1 amide bonds. The molecule has 2 heterocycles. The minimum Gasteiger partial charge on any atom is -0.368 e. The number of carbonyl (C=O) groups is 1. The summed E-state index contributed by atoms with van der Waals surface area (Å²) in [6.07, 6.45) is 5.97. The Kier molecular flexibility index (Phi) is 5.78. The first kappa shape index (κ1) is 20.3. The highest BCUT2D eigenvalue weighted by Gasteiger charge is 2.13. The molecule has 29 heavy (non-hydrogen) atoms. The van der Waals surface area contributed by atoms with Gasteiger partial charge in [-0.2, -0.15) is 10.1 Å². The van der Waals surface area contributed by atoms with Gasteiger partial charge in [0.1, 0.15) is 12.4 Å². The van der Waals surface area contributed by atoms with Gasteiger partial charge in [0.05, 0.1) is 16.8 Å². The number of nitrogens with one attached hydrogen (secondary N) is 2. The summed E-state index contributed by atoms with van der Waals surface area (Å²) in [7, 11) is -3.33. The first-order valence-electron chi connectivity index (χ1n) is 8.65. The number of carbonyl (C=O) groups excluding carboxylic acids is 1. The van der Waals surface area contributed by atoms with E-state index in [9.17, 15) is 13.2 Å². The van der Waals surface area contributed by atoms with Crippen LogP contribution in [0.3, 0.4) is 0 Å². The maximum absolute atomic E-state index is 12.0. The lowest BCUT2D eigenvalue weighted by molar-refractivity contribution is -0.118. The second kappa shape index (κ2) is 8.27. The van der Waals surface area contributed by atoms with Crippen molar-refractivity contribution in [3.63, 3.8) is 0 Å². The average molecular weight is 415 g/mol. The summed E-state index contributed by atoms with van der Waals surface area (Å²) >= 11 is 0. The van der Waals surface area contributed by atoms with Crippen molar-refractivity contribution in [1.82, 2.24) is 19.7 Å². The number of rotatable bonds is 8. The zero-order chi connectivity index (χ0) is 21.0. The fourth-order valence-electron chi connectivity index (χ4n) is 2.68. The molecule has 11 heteroatoms. The minimum absolute atomic E-state index is 0.0248. The van der Waals surface area contributed by atoms with Crippen molar-refractivity contribution in [2.75, 3.05) is 16.9 Å². The van der Waals surface area contributed by atoms with E-state index in [0.717, 1.165) is 5.56 Å². The van der Waals surface area contributed by atoms with Crippen molar-refractivity contribution < 1.29 is 13.2 Å². The molecule has 0 atom stereocenters. The molecule has 1 aromatic carbocycles. The second-order valence-electron chi connectivity index (χ2n) is 6.48. The Morgan fingerprint density at radius 3 is 2.72 bits per heavy atom. The first-order chi connectivity index (χ1) is 13.7. The molecule has 0 radical (unpaired) electrons. The number of sulfone groups is 1. The molecule has 0 unspecified atom stereocenters. The molecule has 0 spiro atoms. The summed E-state index contributed by atoms with van der Waals surface area (Å²) in [5, 5.41) is 10.2. The van der Waals surface area contributed by atoms with Crippen molar-refractivity contribution >= 4 is 33.2 Å². The van der Waals surface area contributed by atoms with Gasteiger partial charge in [-0.3, -0.25) is 9.48 Å². The van der Waals surface area contributed by atoms with Crippen LogP contribution in [0.4, 0.5) is 17.5 Å². The molecule has 3 rings (SSSR count). The predicted molar refractivity (Wildman–Crippen MR) is 108 cm³/mol. The zero-order valence-corrected chi connectivity index (χ0v) is 16.8. The van der Waals surface area contributed by atoms with Crippen LogP contribution in [0.25, 0.3) is 0 Å². The van der Waals surface area contributed by atoms with Crippen LogP contribution < -0.4 is 16.4 Å².